The number of aromatic nitrogens is 1. The zero-order chi connectivity index (χ0) is 12.1. The number of ketones is 1. The van der Waals surface area contributed by atoms with Crippen LogP contribution in [0, 0.1) is 0 Å². The molecule has 0 spiro atoms. The smallest absolute Gasteiger partial charge is 0.268 e. The Morgan fingerprint density at radius 2 is 2.25 bits per heavy atom. The second-order valence-electron chi connectivity index (χ2n) is 3.62. The monoisotopic (exact) mass is 224 g/mol. The van der Waals surface area contributed by atoms with Crippen molar-refractivity contribution in [1.29, 1.82) is 0 Å². The third kappa shape index (κ3) is 2.93. The first-order chi connectivity index (χ1) is 7.58. The molecule has 0 aliphatic carbocycles. The number of carbonyl (C=O) groups is 2. The molecule has 0 aliphatic rings. The summed E-state index contributed by atoms with van der Waals surface area (Å²) in [7, 11) is 0. The zero-order valence-electron chi connectivity index (χ0n) is 9.41. The first-order valence-electron chi connectivity index (χ1n) is 5.19. The number of hydrogen-bond acceptors (Lipinski definition) is 3. The number of H-pyrrole nitrogens is 1. The van der Waals surface area contributed by atoms with Crippen LogP contribution in [0.2, 0.25) is 0 Å². The summed E-state index contributed by atoms with van der Waals surface area (Å²) in [6, 6.07) is 1.25. The number of carbonyl (C=O) groups excluding carboxylic acids is 2. The maximum atomic E-state index is 11.6. The lowest BCUT2D eigenvalue weighted by Crippen LogP contribution is -2.37. The summed E-state index contributed by atoms with van der Waals surface area (Å²) >= 11 is 0. The van der Waals surface area contributed by atoms with Crippen LogP contribution in [0.1, 0.15) is 41.1 Å². The van der Waals surface area contributed by atoms with Gasteiger partial charge in [0, 0.05) is 11.8 Å². The van der Waals surface area contributed by atoms with Crippen molar-refractivity contribution in [3.05, 3.63) is 23.5 Å². The van der Waals surface area contributed by atoms with E-state index in [9.17, 15) is 9.59 Å². The quantitative estimate of drug-likeness (QED) is 0.644. The number of aliphatic hydroxyl groups is 1. The lowest BCUT2D eigenvalue weighted by Gasteiger charge is -2.12. The van der Waals surface area contributed by atoms with E-state index in [1.54, 1.807) is 0 Å². The average Bonchev–Trinajstić information content (AvgIpc) is 2.74. The maximum Gasteiger partial charge on any atom is 0.268 e. The molecule has 1 amide bonds. The van der Waals surface area contributed by atoms with Gasteiger partial charge in [0.05, 0.1) is 12.6 Å². The molecule has 1 unspecified atom stereocenters. The molecule has 0 fully saturated rings. The van der Waals surface area contributed by atoms with Crippen molar-refractivity contribution in [2.24, 2.45) is 0 Å². The molecule has 1 rings (SSSR count). The second kappa shape index (κ2) is 5.46. The molecule has 5 nitrogen and oxygen atoms in total. The highest BCUT2D eigenvalue weighted by atomic mass is 16.3. The molecule has 88 valence electrons. The van der Waals surface area contributed by atoms with Crippen molar-refractivity contribution in [3.63, 3.8) is 0 Å². The van der Waals surface area contributed by atoms with Gasteiger partial charge in [-0.05, 0) is 19.4 Å². The van der Waals surface area contributed by atoms with E-state index < -0.39 is 0 Å². The highest BCUT2D eigenvalue weighted by molar-refractivity contribution is 5.99. The van der Waals surface area contributed by atoms with Gasteiger partial charge in [0.25, 0.3) is 5.91 Å². The molecule has 5 heteroatoms. The van der Waals surface area contributed by atoms with E-state index >= 15 is 0 Å². The summed E-state index contributed by atoms with van der Waals surface area (Å²) in [5, 5.41) is 11.6. The Labute approximate surface area is 93.9 Å². The minimum Gasteiger partial charge on any atom is -0.394 e. The molecule has 1 atom stereocenters. The summed E-state index contributed by atoms with van der Waals surface area (Å²) in [6.07, 6.45) is 2.15. The first-order valence-corrected chi connectivity index (χ1v) is 5.19. The second-order valence-corrected chi connectivity index (χ2v) is 3.62. The van der Waals surface area contributed by atoms with Crippen LogP contribution in [0.5, 0.6) is 0 Å². The van der Waals surface area contributed by atoms with Crippen molar-refractivity contribution < 1.29 is 14.7 Å². The predicted octanol–water partition coefficient (Wildman–Crippen LogP) is 0.718. The normalized spacial score (nSPS) is 12.2. The number of rotatable bonds is 5. The summed E-state index contributed by atoms with van der Waals surface area (Å²) in [4.78, 5) is 25.4. The van der Waals surface area contributed by atoms with Gasteiger partial charge in [-0.2, -0.15) is 0 Å². The predicted molar refractivity (Wildman–Crippen MR) is 59.4 cm³/mol. The van der Waals surface area contributed by atoms with Crippen molar-refractivity contribution in [1.82, 2.24) is 10.3 Å². The number of amides is 1. The lowest BCUT2D eigenvalue weighted by atomic mass is 10.2. The van der Waals surface area contributed by atoms with Gasteiger partial charge in [0.15, 0.2) is 5.78 Å². The van der Waals surface area contributed by atoms with Gasteiger partial charge < -0.3 is 15.4 Å². The maximum absolute atomic E-state index is 11.6. The van der Waals surface area contributed by atoms with E-state index in [4.69, 9.17) is 5.11 Å². The highest BCUT2D eigenvalue weighted by Gasteiger charge is 2.13. The Kier molecular flexibility index (Phi) is 4.25. The summed E-state index contributed by atoms with van der Waals surface area (Å²) in [6.45, 7) is 3.22. The van der Waals surface area contributed by atoms with Crippen LogP contribution in [0.15, 0.2) is 12.3 Å². The SMILES string of the molecule is CCC(CO)NC(=O)c1cc(C(C)=O)c[nH]1. The van der Waals surface area contributed by atoms with Gasteiger partial charge in [0.1, 0.15) is 5.69 Å². The largest absolute Gasteiger partial charge is 0.394 e. The first kappa shape index (κ1) is 12.4. The van der Waals surface area contributed by atoms with Gasteiger partial charge >= 0.3 is 0 Å². The van der Waals surface area contributed by atoms with Crippen molar-refractivity contribution >= 4 is 11.7 Å². The van der Waals surface area contributed by atoms with Gasteiger partial charge in [-0.3, -0.25) is 9.59 Å². The van der Waals surface area contributed by atoms with E-state index in [0.717, 1.165) is 0 Å². The third-order valence-electron chi connectivity index (χ3n) is 2.38. The van der Waals surface area contributed by atoms with Crippen LogP contribution >= 0.6 is 0 Å². The molecular weight excluding hydrogens is 208 g/mol. The van der Waals surface area contributed by atoms with Gasteiger partial charge in [-0.25, -0.2) is 0 Å². The molecule has 3 N–H and O–H groups in total. The van der Waals surface area contributed by atoms with Crippen LogP contribution in [0.25, 0.3) is 0 Å². The average molecular weight is 224 g/mol. The van der Waals surface area contributed by atoms with Crippen LogP contribution in [0.4, 0.5) is 0 Å². The summed E-state index contributed by atoms with van der Waals surface area (Å²) < 4.78 is 0. The van der Waals surface area contributed by atoms with Crippen LogP contribution < -0.4 is 5.32 Å². The van der Waals surface area contributed by atoms with E-state index in [1.807, 2.05) is 6.92 Å². The van der Waals surface area contributed by atoms with Crippen LogP contribution in [0.3, 0.4) is 0 Å². The Balaban J connectivity index is 2.69. The Hall–Kier alpha value is -1.62. The standard InChI is InChI=1S/C11H16N2O3/c1-3-9(6-14)13-11(16)10-4-8(5-12-10)7(2)15/h4-5,9,12,14H,3,6H2,1-2H3,(H,13,16). The van der Waals surface area contributed by atoms with E-state index in [-0.39, 0.29) is 24.3 Å². The lowest BCUT2D eigenvalue weighted by molar-refractivity contribution is 0.0910. The molecule has 0 radical (unpaired) electrons. The fourth-order valence-corrected chi connectivity index (χ4v) is 1.27. The summed E-state index contributed by atoms with van der Waals surface area (Å²) in [5.41, 5.74) is 0.805. The number of nitrogens with one attached hydrogen (secondary N) is 2. The number of aliphatic hydroxyl groups excluding tert-OH is 1. The molecule has 0 saturated heterocycles. The Morgan fingerprint density at radius 1 is 1.56 bits per heavy atom. The van der Waals surface area contributed by atoms with E-state index in [0.29, 0.717) is 17.7 Å². The highest BCUT2D eigenvalue weighted by Crippen LogP contribution is 2.04. The molecule has 1 aromatic rings. The van der Waals surface area contributed by atoms with Gasteiger partial charge in [0.2, 0.25) is 0 Å². The third-order valence-corrected chi connectivity index (χ3v) is 2.38. The molecular formula is C11H16N2O3. The van der Waals surface area contributed by atoms with Crippen molar-refractivity contribution in [2.45, 2.75) is 26.3 Å². The summed E-state index contributed by atoms with van der Waals surface area (Å²) in [5.74, 6) is -0.405. The molecule has 0 aliphatic heterocycles. The van der Waals surface area contributed by atoms with E-state index in [1.165, 1.54) is 19.2 Å². The topological polar surface area (TPSA) is 82.2 Å². The fourth-order valence-electron chi connectivity index (χ4n) is 1.27. The molecule has 16 heavy (non-hydrogen) atoms. The minimum atomic E-state index is -0.312. The fraction of sp³-hybridized carbons (Fsp3) is 0.455. The van der Waals surface area contributed by atoms with E-state index in [2.05, 4.69) is 10.3 Å². The molecule has 1 heterocycles. The Bertz CT molecular complexity index is 380. The van der Waals surface area contributed by atoms with Gasteiger partial charge in [-0.1, -0.05) is 6.92 Å². The number of hydrogen-bond donors (Lipinski definition) is 3. The van der Waals surface area contributed by atoms with Crippen molar-refractivity contribution in [3.8, 4) is 0 Å². The number of Topliss-reactive ketones (excluding diaryl/α,β-unsaturated/α-hetero) is 1. The van der Waals surface area contributed by atoms with Crippen LogP contribution in [-0.2, 0) is 0 Å². The van der Waals surface area contributed by atoms with Crippen LogP contribution in [-0.4, -0.2) is 34.4 Å². The molecule has 1 aromatic heterocycles. The van der Waals surface area contributed by atoms with Gasteiger partial charge in [-0.15, -0.1) is 0 Å². The van der Waals surface area contributed by atoms with Crippen molar-refractivity contribution in [2.75, 3.05) is 6.61 Å². The Morgan fingerprint density at radius 3 is 2.69 bits per heavy atom. The minimum absolute atomic E-state index is 0.0931. The molecule has 0 saturated carbocycles. The molecule has 0 aromatic carbocycles. The number of aromatic amines is 1. The molecule has 0 bridgehead atoms. The zero-order valence-corrected chi connectivity index (χ0v) is 9.41.